The normalized spacial score (nSPS) is 11.3. The number of hydrogen-bond donors (Lipinski definition) is 1. The maximum absolute atomic E-state index is 13.4. The van der Waals surface area contributed by atoms with Gasteiger partial charge in [-0.25, -0.2) is 14.5 Å². The van der Waals surface area contributed by atoms with Gasteiger partial charge in [-0.3, -0.25) is 9.59 Å². The fourth-order valence-corrected chi connectivity index (χ4v) is 4.26. The van der Waals surface area contributed by atoms with Gasteiger partial charge in [0.05, 0.1) is 11.1 Å². The number of rotatable bonds is 7. The molecule has 9 nitrogen and oxygen atoms in total. The number of nitrogens with one attached hydrogen (secondary N) is 1. The van der Waals surface area contributed by atoms with E-state index in [4.69, 9.17) is 9.47 Å². The molecule has 0 aliphatic carbocycles. The monoisotopic (exact) mass is 506 g/mol. The van der Waals surface area contributed by atoms with Gasteiger partial charge in [-0.05, 0) is 39.8 Å². The van der Waals surface area contributed by atoms with Crippen molar-refractivity contribution in [3.63, 3.8) is 0 Å². The first-order valence-corrected chi connectivity index (χ1v) is 12.2. The highest BCUT2D eigenvalue weighted by atomic mass is 32.1. The minimum atomic E-state index is -0.844. The number of fused-ring (bicyclic) bond motifs is 1. The summed E-state index contributed by atoms with van der Waals surface area (Å²) in [5, 5.41) is 10.2. The topological polar surface area (TPSA) is 112 Å². The summed E-state index contributed by atoms with van der Waals surface area (Å²) in [6.45, 7) is 6.58. The van der Waals surface area contributed by atoms with Gasteiger partial charge in [0.1, 0.15) is 21.8 Å². The van der Waals surface area contributed by atoms with E-state index in [1.54, 1.807) is 52.1 Å². The van der Waals surface area contributed by atoms with Crippen LogP contribution in [0.1, 0.15) is 38.1 Å². The predicted molar refractivity (Wildman–Crippen MR) is 138 cm³/mol. The fourth-order valence-electron chi connectivity index (χ4n) is 3.42. The van der Waals surface area contributed by atoms with Gasteiger partial charge in [0.25, 0.3) is 5.56 Å². The van der Waals surface area contributed by atoms with Crippen LogP contribution in [0, 0.1) is 5.41 Å². The molecule has 0 aliphatic rings. The Morgan fingerprint density at radius 1 is 1.08 bits per heavy atom. The molecule has 10 heteroatoms. The van der Waals surface area contributed by atoms with Crippen molar-refractivity contribution in [3.05, 3.63) is 70.0 Å². The fraction of sp³-hybridized carbons (Fsp3) is 0.269. The Morgan fingerprint density at radius 2 is 1.83 bits per heavy atom. The third-order valence-electron chi connectivity index (χ3n) is 5.31. The third-order valence-corrected chi connectivity index (χ3v) is 6.21. The molecule has 0 fully saturated rings. The van der Waals surface area contributed by atoms with Crippen LogP contribution in [-0.4, -0.2) is 33.5 Å². The molecule has 3 aromatic heterocycles. The molecule has 0 aliphatic heterocycles. The first-order chi connectivity index (χ1) is 17.2. The summed E-state index contributed by atoms with van der Waals surface area (Å²) in [6, 6.07) is 12.7. The maximum atomic E-state index is 13.4. The first kappa shape index (κ1) is 25.1. The van der Waals surface area contributed by atoms with Crippen molar-refractivity contribution in [2.75, 3.05) is 12.1 Å². The average Bonchev–Trinajstić information content (AvgIpc) is 3.27. The summed E-state index contributed by atoms with van der Waals surface area (Å²) in [5.74, 6) is -1.36. The lowest BCUT2D eigenvalue weighted by atomic mass is 9.98. The molecule has 1 aromatic carbocycles. The molecule has 1 N–H and O–H groups in total. The van der Waals surface area contributed by atoms with E-state index in [1.165, 1.54) is 16.0 Å². The number of esters is 2. The van der Waals surface area contributed by atoms with Crippen molar-refractivity contribution in [1.82, 2.24) is 14.8 Å². The highest BCUT2D eigenvalue weighted by molar-refractivity contribution is 7.17. The standard InChI is InChI=1S/C26H26N4O5S/c1-5-30-23(31)21(28-18-14-36-22-17(18)12-9-13-27-22)19(20(29-30)16-10-7-6-8-11-16)24(32)34-15-35-25(33)26(2,3)4/h6-14,28H,5,15H2,1-4H3. The Balaban J connectivity index is 1.81. The van der Waals surface area contributed by atoms with Crippen LogP contribution in [0.2, 0.25) is 0 Å². The number of hydrogen-bond acceptors (Lipinski definition) is 9. The Labute approximate surface area is 211 Å². The number of anilines is 2. The zero-order valence-corrected chi connectivity index (χ0v) is 21.2. The van der Waals surface area contributed by atoms with Gasteiger partial charge < -0.3 is 14.8 Å². The van der Waals surface area contributed by atoms with Crippen LogP contribution in [0.15, 0.2) is 58.8 Å². The Morgan fingerprint density at radius 3 is 2.53 bits per heavy atom. The highest BCUT2D eigenvalue weighted by Gasteiger charge is 2.28. The summed E-state index contributed by atoms with van der Waals surface area (Å²) in [5.41, 5.74) is 0.237. The summed E-state index contributed by atoms with van der Waals surface area (Å²) < 4.78 is 11.7. The summed E-state index contributed by atoms with van der Waals surface area (Å²) in [7, 11) is 0. The van der Waals surface area contributed by atoms with E-state index < -0.39 is 29.7 Å². The zero-order chi connectivity index (χ0) is 25.9. The van der Waals surface area contributed by atoms with E-state index in [0.29, 0.717) is 11.3 Å². The number of pyridine rings is 1. The van der Waals surface area contributed by atoms with E-state index in [9.17, 15) is 14.4 Å². The second-order valence-corrected chi connectivity index (χ2v) is 9.81. The molecule has 186 valence electrons. The van der Waals surface area contributed by atoms with Crippen molar-refractivity contribution in [2.45, 2.75) is 34.2 Å². The number of aryl methyl sites for hydroxylation is 1. The maximum Gasteiger partial charge on any atom is 0.345 e. The minimum Gasteiger partial charge on any atom is -0.427 e. The number of carbonyl (C=O) groups is 2. The molecule has 3 heterocycles. The van der Waals surface area contributed by atoms with E-state index in [0.717, 1.165) is 10.2 Å². The summed E-state index contributed by atoms with van der Waals surface area (Å²) >= 11 is 1.41. The highest BCUT2D eigenvalue weighted by Crippen LogP contribution is 2.33. The molecule has 0 saturated carbocycles. The lowest BCUT2D eigenvalue weighted by molar-refractivity contribution is -0.161. The number of thiophene rings is 1. The smallest absolute Gasteiger partial charge is 0.345 e. The SMILES string of the molecule is CCn1nc(-c2ccccc2)c(C(=O)OCOC(=O)C(C)(C)C)c(Nc2csc3ncccc23)c1=O. The quantitative estimate of drug-likeness (QED) is 0.276. The summed E-state index contributed by atoms with van der Waals surface area (Å²) in [6.07, 6.45) is 1.69. The molecule has 0 radical (unpaired) electrons. The Kier molecular flexibility index (Phi) is 7.16. The van der Waals surface area contributed by atoms with Gasteiger partial charge in [-0.1, -0.05) is 30.3 Å². The van der Waals surface area contributed by atoms with Crippen LogP contribution < -0.4 is 10.9 Å². The van der Waals surface area contributed by atoms with Crippen LogP contribution in [0.25, 0.3) is 21.5 Å². The molecule has 0 bridgehead atoms. The second kappa shape index (κ2) is 10.3. The number of benzene rings is 1. The molecule has 0 saturated heterocycles. The van der Waals surface area contributed by atoms with Gasteiger partial charge in [-0.15, -0.1) is 11.3 Å². The third kappa shape index (κ3) is 5.13. The minimum absolute atomic E-state index is 0.0152. The molecule has 0 spiro atoms. The molecular weight excluding hydrogens is 480 g/mol. The molecule has 4 rings (SSSR count). The van der Waals surface area contributed by atoms with Crippen LogP contribution in [0.3, 0.4) is 0 Å². The number of carbonyl (C=O) groups excluding carboxylic acids is 2. The van der Waals surface area contributed by atoms with Crippen molar-refractivity contribution < 1.29 is 19.1 Å². The van der Waals surface area contributed by atoms with Crippen LogP contribution in [0.5, 0.6) is 0 Å². The molecule has 0 atom stereocenters. The van der Waals surface area contributed by atoms with Crippen molar-refractivity contribution in [3.8, 4) is 11.3 Å². The van der Waals surface area contributed by atoms with Crippen LogP contribution >= 0.6 is 11.3 Å². The molecule has 36 heavy (non-hydrogen) atoms. The Bertz CT molecular complexity index is 1470. The second-order valence-electron chi connectivity index (χ2n) is 8.95. The van der Waals surface area contributed by atoms with Gasteiger partial charge in [0.2, 0.25) is 6.79 Å². The van der Waals surface area contributed by atoms with E-state index >= 15 is 0 Å². The van der Waals surface area contributed by atoms with Gasteiger partial charge in [0.15, 0.2) is 0 Å². The van der Waals surface area contributed by atoms with E-state index in [-0.39, 0.29) is 23.5 Å². The number of nitrogens with zero attached hydrogens (tertiary/aromatic N) is 3. The van der Waals surface area contributed by atoms with Crippen LogP contribution in [0.4, 0.5) is 11.4 Å². The number of aromatic nitrogens is 3. The van der Waals surface area contributed by atoms with E-state index in [1.807, 2.05) is 29.6 Å². The zero-order valence-electron chi connectivity index (χ0n) is 20.4. The van der Waals surface area contributed by atoms with Crippen molar-refractivity contribution >= 4 is 44.9 Å². The van der Waals surface area contributed by atoms with E-state index in [2.05, 4.69) is 15.4 Å². The van der Waals surface area contributed by atoms with Crippen LogP contribution in [-0.2, 0) is 20.8 Å². The molecule has 0 amide bonds. The number of ether oxygens (including phenoxy) is 2. The lowest BCUT2D eigenvalue weighted by Gasteiger charge is -2.18. The molecular formula is C26H26N4O5S. The summed E-state index contributed by atoms with van der Waals surface area (Å²) in [4.78, 5) is 44.0. The Hall–Kier alpha value is -4.05. The van der Waals surface area contributed by atoms with Gasteiger partial charge in [-0.2, -0.15) is 5.10 Å². The van der Waals surface area contributed by atoms with Gasteiger partial charge in [0, 0.05) is 29.1 Å². The largest absolute Gasteiger partial charge is 0.427 e. The lowest BCUT2D eigenvalue weighted by Crippen LogP contribution is -2.29. The van der Waals surface area contributed by atoms with Gasteiger partial charge >= 0.3 is 11.9 Å². The average molecular weight is 507 g/mol. The van der Waals surface area contributed by atoms with Crippen molar-refractivity contribution in [1.29, 1.82) is 0 Å². The predicted octanol–water partition coefficient (Wildman–Crippen LogP) is 4.99. The first-order valence-electron chi connectivity index (χ1n) is 11.3. The van der Waals surface area contributed by atoms with Crippen molar-refractivity contribution in [2.24, 2.45) is 5.41 Å². The molecule has 4 aromatic rings. The molecule has 0 unspecified atom stereocenters.